The Morgan fingerprint density at radius 1 is 1.39 bits per heavy atom. The van der Waals surface area contributed by atoms with E-state index in [1.807, 2.05) is 32.0 Å². The summed E-state index contributed by atoms with van der Waals surface area (Å²) in [5.74, 6) is -0.277. The summed E-state index contributed by atoms with van der Waals surface area (Å²) in [6, 6.07) is 5.80. The highest BCUT2D eigenvalue weighted by Crippen LogP contribution is 2.21. The number of nitrogens with zero attached hydrogens (tertiary/aromatic N) is 1. The van der Waals surface area contributed by atoms with Gasteiger partial charge in [-0.05, 0) is 24.5 Å². The third-order valence-corrected chi connectivity index (χ3v) is 4.43. The fourth-order valence-electron chi connectivity index (χ4n) is 2.29. The van der Waals surface area contributed by atoms with Crippen LogP contribution in [0.3, 0.4) is 0 Å². The number of amides is 2. The van der Waals surface area contributed by atoms with Crippen molar-refractivity contribution in [1.82, 2.24) is 4.90 Å². The SMILES string of the molecule is CCc1cccc(C)c1NC(=O)COC(=O)CN1CCSC1=O. The van der Waals surface area contributed by atoms with Crippen molar-refractivity contribution in [3.8, 4) is 0 Å². The number of nitrogens with one attached hydrogen (secondary N) is 1. The maximum absolute atomic E-state index is 12.0. The first-order chi connectivity index (χ1) is 11.0. The quantitative estimate of drug-likeness (QED) is 0.806. The number of esters is 1. The van der Waals surface area contributed by atoms with Gasteiger partial charge in [0.05, 0.1) is 0 Å². The van der Waals surface area contributed by atoms with Gasteiger partial charge < -0.3 is 15.0 Å². The highest BCUT2D eigenvalue weighted by molar-refractivity contribution is 8.13. The fourth-order valence-corrected chi connectivity index (χ4v) is 3.12. The number of rotatable bonds is 6. The van der Waals surface area contributed by atoms with Crippen LogP contribution in [0.2, 0.25) is 0 Å². The molecule has 1 aromatic rings. The maximum Gasteiger partial charge on any atom is 0.326 e. The van der Waals surface area contributed by atoms with Gasteiger partial charge in [0.2, 0.25) is 0 Å². The molecule has 1 aromatic carbocycles. The van der Waals surface area contributed by atoms with Crippen molar-refractivity contribution >= 4 is 34.6 Å². The highest BCUT2D eigenvalue weighted by Gasteiger charge is 2.24. The van der Waals surface area contributed by atoms with Crippen LogP contribution < -0.4 is 5.32 Å². The van der Waals surface area contributed by atoms with Crippen molar-refractivity contribution in [1.29, 1.82) is 0 Å². The molecule has 0 aromatic heterocycles. The molecule has 6 nitrogen and oxygen atoms in total. The lowest BCUT2D eigenvalue weighted by Crippen LogP contribution is -2.32. The van der Waals surface area contributed by atoms with E-state index in [0.29, 0.717) is 12.3 Å². The molecule has 0 spiro atoms. The normalized spacial score (nSPS) is 14.0. The van der Waals surface area contributed by atoms with Crippen LogP contribution in [0.5, 0.6) is 0 Å². The third-order valence-electron chi connectivity index (χ3n) is 3.53. The number of benzene rings is 1. The van der Waals surface area contributed by atoms with Crippen LogP contribution in [0, 0.1) is 6.92 Å². The van der Waals surface area contributed by atoms with Gasteiger partial charge in [-0.1, -0.05) is 36.9 Å². The summed E-state index contributed by atoms with van der Waals surface area (Å²) in [7, 11) is 0. The van der Waals surface area contributed by atoms with Crippen LogP contribution in [0.1, 0.15) is 18.1 Å². The van der Waals surface area contributed by atoms with Crippen LogP contribution in [0.25, 0.3) is 0 Å². The Balaban J connectivity index is 1.83. The molecule has 124 valence electrons. The number of carbonyl (C=O) groups is 3. The lowest BCUT2D eigenvalue weighted by atomic mass is 10.1. The van der Waals surface area contributed by atoms with Gasteiger partial charge >= 0.3 is 5.97 Å². The Hall–Kier alpha value is -2.02. The number of aryl methyl sites for hydroxylation is 2. The summed E-state index contributed by atoms with van der Waals surface area (Å²) in [6.45, 7) is 4.00. The molecule has 1 aliphatic heterocycles. The minimum absolute atomic E-state index is 0.107. The van der Waals surface area contributed by atoms with E-state index in [-0.39, 0.29) is 24.3 Å². The lowest BCUT2D eigenvalue weighted by Gasteiger charge is -2.15. The van der Waals surface area contributed by atoms with Crippen LogP contribution in [-0.2, 0) is 20.7 Å². The average Bonchev–Trinajstić information content (AvgIpc) is 2.92. The minimum atomic E-state index is -0.573. The van der Waals surface area contributed by atoms with Crippen molar-refractivity contribution < 1.29 is 19.1 Å². The number of hydrogen-bond acceptors (Lipinski definition) is 5. The number of para-hydroxylation sites is 1. The summed E-state index contributed by atoms with van der Waals surface area (Å²) >= 11 is 1.18. The number of hydrogen-bond donors (Lipinski definition) is 1. The van der Waals surface area contributed by atoms with Gasteiger partial charge in [-0.15, -0.1) is 0 Å². The number of thioether (sulfide) groups is 1. The number of ether oxygens (including phenoxy) is 1. The van der Waals surface area contributed by atoms with Crippen LogP contribution in [-0.4, -0.2) is 47.5 Å². The standard InChI is InChI=1S/C16H20N2O4S/c1-3-12-6-4-5-11(2)15(12)17-13(19)10-22-14(20)9-18-7-8-23-16(18)21/h4-6H,3,7-10H2,1-2H3,(H,17,19). The Morgan fingerprint density at radius 3 is 2.83 bits per heavy atom. The molecule has 1 fully saturated rings. The largest absolute Gasteiger partial charge is 0.454 e. The summed E-state index contributed by atoms with van der Waals surface area (Å²) in [4.78, 5) is 36.5. The van der Waals surface area contributed by atoms with E-state index < -0.39 is 5.97 Å². The predicted octanol–water partition coefficient (Wildman–Crippen LogP) is 2.21. The van der Waals surface area contributed by atoms with E-state index in [4.69, 9.17) is 4.74 Å². The average molecular weight is 336 g/mol. The molecule has 0 saturated carbocycles. The van der Waals surface area contributed by atoms with Crippen LogP contribution in [0.4, 0.5) is 10.5 Å². The molecule has 1 aliphatic rings. The zero-order valence-electron chi connectivity index (χ0n) is 13.3. The van der Waals surface area contributed by atoms with E-state index in [1.54, 1.807) is 0 Å². The number of carbonyl (C=O) groups excluding carboxylic acids is 3. The Morgan fingerprint density at radius 2 is 2.17 bits per heavy atom. The van der Waals surface area contributed by atoms with Gasteiger partial charge in [0.1, 0.15) is 6.54 Å². The summed E-state index contributed by atoms with van der Waals surface area (Å²) in [5.41, 5.74) is 2.76. The molecule has 0 radical (unpaired) electrons. The predicted molar refractivity (Wildman–Crippen MR) is 89.6 cm³/mol. The molecule has 0 bridgehead atoms. The molecule has 7 heteroatoms. The van der Waals surface area contributed by atoms with Crippen molar-refractivity contribution in [3.63, 3.8) is 0 Å². The third kappa shape index (κ3) is 4.72. The van der Waals surface area contributed by atoms with E-state index in [9.17, 15) is 14.4 Å². The van der Waals surface area contributed by atoms with Crippen molar-refractivity contribution in [3.05, 3.63) is 29.3 Å². The molecule has 1 N–H and O–H groups in total. The molecular weight excluding hydrogens is 316 g/mol. The number of anilines is 1. The van der Waals surface area contributed by atoms with Crippen molar-refractivity contribution in [2.45, 2.75) is 20.3 Å². The van der Waals surface area contributed by atoms with Crippen LogP contribution >= 0.6 is 11.8 Å². The first kappa shape index (κ1) is 17.3. The second-order valence-corrected chi connectivity index (χ2v) is 6.25. The van der Waals surface area contributed by atoms with Crippen molar-refractivity contribution in [2.24, 2.45) is 0 Å². The van der Waals surface area contributed by atoms with Gasteiger partial charge in [-0.2, -0.15) is 0 Å². The zero-order valence-corrected chi connectivity index (χ0v) is 14.1. The Bertz CT molecular complexity index is 618. The summed E-state index contributed by atoms with van der Waals surface area (Å²) < 4.78 is 4.95. The molecule has 0 atom stereocenters. The molecule has 23 heavy (non-hydrogen) atoms. The smallest absolute Gasteiger partial charge is 0.326 e. The Kier molecular flexibility index (Phi) is 6.04. The highest BCUT2D eigenvalue weighted by atomic mass is 32.2. The molecule has 0 aliphatic carbocycles. The molecule has 0 unspecified atom stereocenters. The molecular formula is C16H20N2O4S. The topological polar surface area (TPSA) is 75.7 Å². The van der Waals surface area contributed by atoms with E-state index in [2.05, 4.69) is 5.32 Å². The maximum atomic E-state index is 12.0. The van der Waals surface area contributed by atoms with Gasteiger partial charge in [-0.25, -0.2) is 0 Å². The summed E-state index contributed by atoms with van der Waals surface area (Å²) in [6.07, 6.45) is 0.797. The lowest BCUT2D eigenvalue weighted by molar-refractivity contribution is -0.147. The Labute approximate surface area is 139 Å². The first-order valence-corrected chi connectivity index (χ1v) is 8.45. The van der Waals surface area contributed by atoms with Crippen LogP contribution in [0.15, 0.2) is 18.2 Å². The second-order valence-electron chi connectivity index (χ2n) is 5.21. The van der Waals surface area contributed by atoms with E-state index >= 15 is 0 Å². The van der Waals surface area contributed by atoms with E-state index in [0.717, 1.165) is 23.2 Å². The fraction of sp³-hybridized carbons (Fsp3) is 0.438. The molecule has 2 rings (SSSR count). The molecule has 1 heterocycles. The summed E-state index contributed by atoms with van der Waals surface area (Å²) in [5, 5.41) is 2.66. The minimum Gasteiger partial charge on any atom is -0.454 e. The van der Waals surface area contributed by atoms with Crippen molar-refractivity contribution in [2.75, 3.05) is 30.8 Å². The molecule has 1 saturated heterocycles. The second kappa shape index (κ2) is 8.01. The van der Waals surface area contributed by atoms with Gasteiger partial charge in [0.15, 0.2) is 6.61 Å². The zero-order chi connectivity index (χ0) is 16.8. The van der Waals surface area contributed by atoms with Gasteiger partial charge in [0, 0.05) is 18.0 Å². The van der Waals surface area contributed by atoms with Gasteiger partial charge in [-0.3, -0.25) is 14.4 Å². The van der Waals surface area contributed by atoms with E-state index in [1.165, 1.54) is 16.7 Å². The van der Waals surface area contributed by atoms with Gasteiger partial charge in [0.25, 0.3) is 11.1 Å². The monoisotopic (exact) mass is 336 g/mol. The molecule has 2 amide bonds. The first-order valence-electron chi connectivity index (χ1n) is 7.47.